The summed E-state index contributed by atoms with van der Waals surface area (Å²) in [7, 11) is 1.70. The SMILES string of the molecule is COC[C@H]1CCn2nccc2CN1C(=O)CC1=CCCCC1. The normalized spacial score (nSPS) is 22.0. The van der Waals surface area contributed by atoms with Gasteiger partial charge in [0.05, 0.1) is 24.9 Å². The number of nitrogens with zero attached hydrogens (tertiary/aromatic N) is 3. The van der Waals surface area contributed by atoms with Gasteiger partial charge in [-0.25, -0.2) is 0 Å². The third-order valence-electron chi connectivity index (χ3n) is 4.69. The summed E-state index contributed by atoms with van der Waals surface area (Å²) in [5.74, 6) is 0.227. The van der Waals surface area contributed by atoms with Gasteiger partial charge >= 0.3 is 0 Å². The molecule has 0 radical (unpaired) electrons. The number of rotatable bonds is 4. The van der Waals surface area contributed by atoms with Crippen LogP contribution in [0.5, 0.6) is 0 Å². The zero-order chi connectivity index (χ0) is 15.4. The quantitative estimate of drug-likeness (QED) is 0.803. The summed E-state index contributed by atoms with van der Waals surface area (Å²) in [6, 6.07) is 2.15. The summed E-state index contributed by atoms with van der Waals surface area (Å²) in [6.07, 6.45) is 10.2. The van der Waals surface area contributed by atoms with Crippen molar-refractivity contribution in [3.63, 3.8) is 0 Å². The number of methoxy groups -OCH3 is 1. The number of allylic oxidation sites excluding steroid dienone is 1. The van der Waals surface area contributed by atoms with E-state index in [2.05, 4.69) is 11.2 Å². The Morgan fingerprint density at radius 2 is 2.36 bits per heavy atom. The minimum Gasteiger partial charge on any atom is -0.383 e. The maximum atomic E-state index is 12.8. The monoisotopic (exact) mass is 303 g/mol. The lowest BCUT2D eigenvalue weighted by atomic mass is 9.96. The van der Waals surface area contributed by atoms with Crippen molar-refractivity contribution in [3.05, 3.63) is 29.6 Å². The van der Waals surface area contributed by atoms with Gasteiger partial charge in [0.15, 0.2) is 0 Å². The van der Waals surface area contributed by atoms with Crippen molar-refractivity contribution in [1.82, 2.24) is 14.7 Å². The minimum absolute atomic E-state index is 0.142. The van der Waals surface area contributed by atoms with Gasteiger partial charge in [-0.15, -0.1) is 0 Å². The van der Waals surface area contributed by atoms with Crippen molar-refractivity contribution in [3.8, 4) is 0 Å². The Hall–Kier alpha value is -1.62. The highest BCUT2D eigenvalue weighted by molar-refractivity contribution is 5.79. The topological polar surface area (TPSA) is 47.4 Å². The molecule has 3 rings (SSSR count). The van der Waals surface area contributed by atoms with Crippen LogP contribution in [-0.4, -0.2) is 40.3 Å². The predicted molar refractivity (Wildman–Crippen MR) is 84.2 cm³/mol. The zero-order valence-electron chi connectivity index (χ0n) is 13.3. The van der Waals surface area contributed by atoms with E-state index in [1.54, 1.807) is 7.11 Å². The van der Waals surface area contributed by atoms with E-state index in [1.165, 1.54) is 18.4 Å². The number of aromatic nitrogens is 2. The molecule has 5 nitrogen and oxygen atoms in total. The molecule has 0 spiro atoms. The highest BCUT2D eigenvalue weighted by atomic mass is 16.5. The van der Waals surface area contributed by atoms with Crippen LogP contribution in [0.1, 0.15) is 44.2 Å². The molecule has 0 saturated heterocycles. The van der Waals surface area contributed by atoms with E-state index in [-0.39, 0.29) is 11.9 Å². The zero-order valence-corrected chi connectivity index (χ0v) is 13.3. The van der Waals surface area contributed by atoms with E-state index < -0.39 is 0 Å². The average Bonchev–Trinajstić information content (AvgIpc) is 2.90. The Balaban J connectivity index is 1.74. The average molecular weight is 303 g/mol. The standard InChI is InChI=1S/C17H25N3O2/c1-22-13-16-8-10-20-15(7-9-18-20)12-19(16)17(21)11-14-5-3-2-4-6-14/h5,7,9,16H,2-4,6,8,10-13H2,1H3/t16-/m1/s1. The van der Waals surface area contributed by atoms with Crippen molar-refractivity contribution in [2.75, 3.05) is 13.7 Å². The van der Waals surface area contributed by atoms with Crippen LogP contribution in [0.25, 0.3) is 0 Å². The number of hydrogen-bond acceptors (Lipinski definition) is 3. The van der Waals surface area contributed by atoms with Crippen LogP contribution in [0.4, 0.5) is 0 Å². The fourth-order valence-corrected chi connectivity index (χ4v) is 3.44. The van der Waals surface area contributed by atoms with Gasteiger partial charge in [0.2, 0.25) is 5.91 Å². The third kappa shape index (κ3) is 3.40. The first-order valence-electron chi connectivity index (χ1n) is 8.25. The number of carbonyl (C=O) groups excluding carboxylic acids is 1. The van der Waals surface area contributed by atoms with Gasteiger partial charge in [0.1, 0.15) is 0 Å². The lowest BCUT2D eigenvalue weighted by molar-refractivity contribution is -0.134. The van der Waals surface area contributed by atoms with Gasteiger partial charge in [-0.3, -0.25) is 9.48 Å². The van der Waals surface area contributed by atoms with Crippen LogP contribution in [0.2, 0.25) is 0 Å². The highest BCUT2D eigenvalue weighted by Gasteiger charge is 2.28. The fraction of sp³-hybridized carbons (Fsp3) is 0.647. The maximum Gasteiger partial charge on any atom is 0.227 e. The molecule has 1 aromatic heterocycles. The van der Waals surface area contributed by atoms with Gasteiger partial charge in [-0.05, 0) is 38.2 Å². The first-order chi connectivity index (χ1) is 10.8. The molecule has 1 aliphatic carbocycles. The molecule has 0 fully saturated rings. The molecule has 0 bridgehead atoms. The lowest BCUT2D eigenvalue weighted by Gasteiger charge is -2.30. The third-order valence-corrected chi connectivity index (χ3v) is 4.69. The molecule has 1 aromatic rings. The van der Waals surface area contributed by atoms with Crippen LogP contribution < -0.4 is 0 Å². The van der Waals surface area contributed by atoms with Crippen LogP contribution in [0, 0.1) is 0 Å². The summed E-state index contributed by atoms with van der Waals surface area (Å²) in [5, 5.41) is 4.35. The molecular weight excluding hydrogens is 278 g/mol. The summed E-state index contributed by atoms with van der Waals surface area (Å²) in [6.45, 7) is 2.08. The summed E-state index contributed by atoms with van der Waals surface area (Å²) >= 11 is 0. The second kappa shape index (κ2) is 7.09. The lowest BCUT2D eigenvalue weighted by Crippen LogP contribution is -2.41. The summed E-state index contributed by atoms with van der Waals surface area (Å²) < 4.78 is 7.35. The van der Waals surface area contributed by atoms with Crippen molar-refractivity contribution in [2.24, 2.45) is 0 Å². The molecular formula is C17H25N3O2. The number of ether oxygens (including phenoxy) is 1. The Labute approximate surface area is 131 Å². The summed E-state index contributed by atoms with van der Waals surface area (Å²) in [5.41, 5.74) is 2.43. The Bertz CT molecular complexity index is 550. The van der Waals surface area contributed by atoms with Crippen molar-refractivity contribution in [2.45, 2.75) is 57.7 Å². The molecule has 1 atom stereocenters. The van der Waals surface area contributed by atoms with Crippen LogP contribution in [-0.2, 0) is 22.6 Å². The molecule has 5 heteroatoms. The number of aryl methyl sites for hydroxylation is 1. The highest BCUT2D eigenvalue weighted by Crippen LogP contribution is 2.24. The molecule has 1 aliphatic heterocycles. The molecule has 2 heterocycles. The molecule has 120 valence electrons. The maximum absolute atomic E-state index is 12.8. The second-order valence-electron chi connectivity index (χ2n) is 6.25. The van der Waals surface area contributed by atoms with E-state index in [4.69, 9.17) is 4.74 Å². The first kappa shape index (κ1) is 15.3. The molecule has 22 heavy (non-hydrogen) atoms. The first-order valence-corrected chi connectivity index (χ1v) is 8.25. The van der Waals surface area contributed by atoms with Gasteiger partial charge in [-0.1, -0.05) is 11.6 Å². The molecule has 2 aliphatic rings. The predicted octanol–water partition coefficient (Wildman–Crippen LogP) is 2.52. The second-order valence-corrected chi connectivity index (χ2v) is 6.25. The Morgan fingerprint density at radius 3 is 3.14 bits per heavy atom. The van der Waals surface area contributed by atoms with Crippen molar-refractivity contribution >= 4 is 5.91 Å². The van der Waals surface area contributed by atoms with Crippen molar-refractivity contribution in [1.29, 1.82) is 0 Å². The number of carbonyl (C=O) groups is 1. The van der Waals surface area contributed by atoms with Gasteiger partial charge in [-0.2, -0.15) is 5.10 Å². The van der Waals surface area contributed by atoms with E-state index >= 15 is 0 Å². The van der Waals surface area contributed by atoms with Crippen LogP contribution in [0.3, 0.4) is 0 Å². The summed E-state index contributed by atoms with van der Waals surface area (Å²) in [4.78, 5) is 14.8. The largest absolute Gasteiger partial charge is 0.383 e. The Kier molecular flexibility index (Phi) is 4.93. The van der Waals surface area contributed by atoms with Gasteiger partial charge < -0.3 is 9.64 Å². The Morgan fingerprint density at radius 1 is 1.45 bits per heavy atom. The van der Waals surface area contributed by atoms with Gasteiger partial charge in [0.25, 0.3) is 0 Å². The van der Waals surface area contributed by atoms with Crippen LogP contribution in [0.15, 0.2) is 23.9 Å². The van der Waals surface area contributed by atoms with E-state index in [9.17, 15) is 4.79 Å². The van der Waals surface area contributed by atoms with E-state index in [1.807, 2.05) is 21.8 Å². The van der Waals surface area contributed by atoms with E-state index in [0.717, 1.165) is 31.5 Å². The van der Waals surface area contributed by atoms with E-state index in [0.29, 0.717) is 19.6 Å². The van der Waals surface area contributed by atoms with Crippen LogP contribution >= 0.6 is 0 Å². The van der Waals surface area contributed by atoms with Crippen molar-refractivity contribution < 1.29 is 9.53 Å². The molecule has 0 saturated carbocycles. The molecule has 0 unspecified atom stereocenters. The smallest absolute Gasteiger partial charge is 0.227 e. The molecule has 1 amide bonds. The minimum atomic E-state index is 0.142. The molecule has 0 N–H and O–H groups in total. The fourth-order valence-electron chi connectivity index (χ4n) is 3.44. The number of hydrogen-bond donors (Lipinski definition) is 0. The molecule has 0 aromatic carbocycles. The number of amides is 1. The number of fused-ring (bicyclic) bond motifs is 1. The van der Waals surface area contributed by atoms with Gasteiger partial charge in [0, 0.05) is 26.3 Å².